The van der Waals surface area contributed by atoms with Crippen LogP contribution in [0.25, 0.3) is 0 Å². The van der Waals surface area contributed by atoms with Gasteiger partial charge in [-0.3, -0.25) is 0 Å². The van der Waals surface area contributed by atoms with Gasteiger partial charge in [-0.25, -0.2) is 0 Å². The Morgan fingerprint density at radius 1 is 1.67 bits per heavy atom. The number of nitrogens with one attached hydrogen (secondary N) is 1. The van der Waals surface area contributed by atoms with Crippen molar-refractivity contribution in [2.45, 2.75) is 25.1 Å². The summed E-state index contributed by atoms with van der Waals surface area (Å²) in [6.07, 6.45) is 2.84. The molecule has 0 aromatic carbocycles. The Bertz CT molecular complexity index is 77.0. The van der Waals surface area contributed by atoms with E-state index in [1.165, 1.54) is 19.4 Å². The molecule has 54 valence electrons. The second-order valence-electron chi connectivity index (χ2n) is 2.88. The molecule has 0 aliphatic heterocycles. The number of halogens is 1. The SMILES string of the molecule is CC(Cl)CNCC1CC1. The van der Waals surface area contributed by atoms with Crippen LogP contribution in [0.3, 0.4) is 0 Å². The first kappa shape index (κ1) is 7.36. The van der Waals surface area contributed by atoms with Crippen molar-refractivity contribution in [2.24, 2.45) is 5.92 Å². The van der Waals surface area contributed by atoms with E-state index in [1.54, 1.807) is 0 Å². The lowest BCUT2D eigenvalue weighted by Crippen LogP contribution is -2.23. The van der Waals surface area contributed by atoms with Crippen LogP contribution in [0.4, 0.5) is 0 Å². The normalized spacial score (nSPS) is 22.0. The quantitative estimate of drug-likeness (QED) is 0.596. The van der Waals surface area contributed by atoms with Gasteiger partial charge in [-0.2, -0.15) is 0 Å². The maximum Gasteiger partial charge on any atom is 0.0432 e. The minimum Gasteiger partial charge on any atom is -0.315 e. The fourth-order valence-electron chi connectivity index (χ4n) is 0.808. The van der Waals surface area contributed by atoms with E-state index in [2.05, 4.69) is 5.32 Å². The molecule has 0 aromatic heterocycles. The lowest BCUT2D eigenvalue weighted by molar-refractivity contribution is 0.633. The van der Waals surface area contributed by atoms with Gasteiger partial charge in [0, 0.05) is 11.9 Å². The summed E-state index contributed by atoms with van der Waals surface area (Å²) in [4.78, 5) is 0. The summed E-state index contributed by atoms with van der Waals surface area (Å²) < 4.78 is 0. The molecule has 0 amide bonds. The van der Waals surface area contributed by atoms with Crippen molar-refractivity contribution in [3.8, 4) is 0 Å². The number of hydrogen-bond donors (Lipinski definition) is 1. The van der Waals surface area contributed by atoms with Gasteiger partial charge < -0.3 is 5.32 Å². The van der Waals surface area contributed by atoms with E-state index in [0.29, 0.717) is 0 Å². The molecule has 1 aliphatic carbocycles. The van der Waals surface area contributed by atoms with E-state index in [4.69, 9.17) is 11.6 Å². The summed E-state index contributed by atoms with van der Waals surface area (Å²) in [5.74, 6) is 0.973. The van der Waals surface area contributed by atoms with Gasteiger partial charge in [-0.05, 0) is 32.2 Å². The van der Waals surface area contributed by atoms with Crippen molar-refractivity contribution in [3.63, 3.8) is 0 Å². The van der Waals surface area contributed by atoms with Crippen molar-refractivity contribution in [2.75, 3.05) is 13.1 Å². The molecule has 1 N–H and O–H groups in total. The lowest BCUT2D eigenvalue weighted by Gasteiger charge is -2.03. The van der Waals surface area contributed by atoms with E-state index >= 15 is 0 Å². The van der Waals surface area contributed by atoms with Crippen LogP contribution < -0.4 is 5.32 Å². The first-order chi connectivity index (χ1) is 4.29. The average molecular weight is 148 g/mol. The zero-order chi connectivity index (χ0) is 6.69. The summed E-state index contributed by atoms with van der Waals surface area (Å²) in [5, 5.41) is 3.60. The molecular weight excluding hydrogens is 134 g/mol. The topological polar surface area (TPSA) is 12.0 Å². The molecule has 0 bridgehead atoms. The fraction of sp³-hybridized carbons (Fsp3) is 1.00. The molecule has 9 heavy (non-hydrogen) atoms. The van der Waals surface area contributed by atoms with Crippen molar-refractivity contribution < 1.29 is 0 Å². The summed E-state index contributed by atoms with van der Waals surface area (Å²) in [6, 6.07) is 0. The van der Waals surface area contributed by atoms with Crippen molar-refractivity contribution in [3.05, 3.63) is 0 Å². The highest BCUT2D eigenvalue weighted by molar-refractivity contribution is 6.20. The van der Waals surface area contributed by atoms with E-state index in [1.807, 2.05) is 6.92 Å². The Hall–Kier alpha value is 0.250. The molecular formula is C7H14ClN. The fourth-order valence-corrected chi connectivity index (χ4v) is 0.917. The van der Waals surface area contributed by atoms with E-state index in [0.717, 1.165) is 12.5 Å². The van der Waals surface area contributed by atoms with E-state index in [9.17, 15) is 0 Å². The molecule has 1 fully saturated rings. The molecule has 0 spiro atoms. The van der Waals surface area contributed by atoms with Crippen LogP contribution in [-0.4, -0.2) is 18.5 Å². The van der Waals surface area contributed by atoms with Gasteiger partial charge in [0.25, 0.3) is 0 Å². The Morgan fingerprint density at radius 2 is 2.33 bits per heavy atom. The van der Waals surface area contributed by atoms with Crippen molar-refractivity contribution >= 4 is 11.6 Å². The molecule has 1 unspecified atom stereocenters. The van der Waals surface area contributed by atoms with Gasteiger partial charge in [-0.15, -0.1) is 11.6 Å². The van der Waals surface area contributed by atoms with Crippen molar-refractivity contribution in [1.82, 2.24) is 5.32 Å². The molecule has 0 aromatic rings. The minimum absolute atomic E-state index is 0.281. The molecule has 2 heteroatoms. The van der Waals surface area contributed by atoms with Crippen LogP contribution >= 0.6 is 11.6 Å². The zero-order valence-electron chi connectivity index (χ0n) is 5.86. The van der Waals surface area contributed by atoms with Crippen molar-refractivity contribution in [1.29, 1.82) is 0 Å². The summed E-state index contributed by atoms with van der Waals surface area (Å²) in [6.45, 7) is 4.15. The monoisotopic (exact) mass is 147 g/mol. The second kappa shape index (κ2) is 3.43. The first-order valence-corrected chi connectivity index (χ1v) is 4.07. The van der Waals surface area contributed by atoms with Crippen LogP contribution in [0.2, 0.25) is 0 Å². The molecule has 1 atom stereocenters. The lowest BCUT2D eigenvalue weighted by atomic mass is 10.4. The smallest absolute Gasteiger partial charge is 0.0432 e. The molecule has 1 rings (SSSR count). The second-order valence-corrected chi connectivity index (χ2v) is 3.63. The van der Waals surface area contributed by atoms with Gasteiger partial charge in [0.1, 0.15) is 0 Å². The third-order valence-electron chi connectivity index (χ3n) is 1.56. The highest BCUT2D eigenvalue weighted by Crippen LogP contribution is 2.27. The largest absolute Gasteiger partial charge is 0.315 e. The molecule has 1 aliphatic rings. The standard InChI is InChI=1S/C7H14ClN/c1-6(8)4-9-5-7-2-3-7/h6-7,9H,2-5H2,1H3. The Balaban J connectivity index is 1.81. The van der Waals surface area contributed by atoms with Gasteiger partial charge in [0.05, 0.1) is 0 Å². The van der Waals surface area contributed by atoms with Crippen LogP contribution in [-0.2, 0) is 0 Å². The number of alkyl halides is 1. The first-order valence-electron chi connectivity index (χ1n) is 3.64. The van der Waals surface area contributed by atoms with Gasteiger partial charge in [0.15, 0.2) is 0 Å². The Labute approximate surface area is 61.8 Å². The van der Waals surface area contributed by atoms with Gasteiger partial charge in [-0.1, -0.05) is 0 Å². The molecule has 0 heterocycles. The molecule has 1 saturated carbocycles. The molecule has 0 saturated heterocycles. The maximum absolute atomic E-state index is 5.72. The van der Waals surface area contributed by atoms with Crippen LogP contribution in [0.1, 0.15) is 19.8 Å². The maximum atomic E-state index is 5.72. The molecule has 0 radical (unpaired) electrons. The Morgan fingerprint density at radius 3 is 2.78 bits per heavy atom. The summed E-state index contributed by atoms with van der Waals surface area (Å²) >= 11 is 5.72. The Kier molecular flexibility index (Phi) is 2.80. The number of hydrogen-bond acceptors (Lipinski definition) is 1. The summed E-state index contributed by atoms with van der Waals surface area (Å²) in [7, 11) is 0. The van der Waals surface area contributed by atoms with Gasteiger partial charge >= 0.3 is 0 Å². The third kappa shape index (κ3) is 3.77. The van der Waals surface area contributed by atoms with E-state index in [-0.39, 0.29) is 5.38 Å². The molecule has 1 nitrogen and oxygen atoms in total. The predicted octanol–water partition coefficient (Wildman–Crippen LogP) is 1.61. The third-order valence-corrected chi connectivity index (χ3v) is 1.71. The summed E-state index contributed by atoms with van der Waals surface area (Å²) in [5.41, 5.74) is 0. The minimum atomic E-state index is 0.281. The van der Waals surface area contributed by atoms with E-state index < -0.39 is 0 Å². The van der Waals surface area contributed by atoms with Crippen LogP contribution in [0.15, 0.2) is 0 Å². The van der Waals surface area contributed by atoms with Crippen LogP contribution in [0, 0.1) is 5.92 Å². The predicted molar refractivity (Wildman–Crippen MR) is 40.9 cm³/mol. The van der Waals surface area contributed by atoms with Crippen LogP contribution in [0.5, 0.6) is 0 Å². The number of rotatable bonds is 4. The van der Waals surface area contributed by atoms with Gasteiger partial charge in [0.2, 0.25) is 0 Å². The highest BCUT2D eigenvalue weighted by Gasteiger charge is 2.20. The average Bonchev–Trinajstić information content (AvgIpc) is 2.48. The highest BCUT2D eigenvalue weighted by atomic mass is 35.5. The zero-order valence-corrected chi connectivity index (χ0v) is 6.62.